The molecule has 0 saturated heterocycles. The Labute approximate surface area is 305 Å². The number of carbonyl (C=O) groups excluding carboxylic acids is 2. The van der Waals surface area contributed by atoms with E-state index in [-0.39, 0.29) is 19.4 Å². The van der Waals surface area contributed by atoms with Crippen LogP contribution in [0.4, 0.5) is 0 Å². The van der Waals surface area contributed by atoms with Crippen molar-refractivity contribution in [3.8, 4) is 0 Å². The predicted octanol–water partition coefficient (Wildman–Crippen LogP) is 11.7. The van der Waals surface area contributed by atoms with E-state index in [2.05, 4.69) is 79.1 Å². The number of allylic oxidation sites excluding steroid dienone is 10. The van der Waals surface area contributed by atoms with E-state index in [1.165, 1.54) is 51.4 Å². The minimum absolute atomic E-state index is 0.181. The minimum atomic E-state index is -4.76. The van der Waals surface area contributed by atoms with Crippen molar-refractivity contribution < 1.29 is 37.9 Å². The number of unbranched alkanes of at least 4 members (excludes halogenated alkanes) is 15. The summed E-state index contributed by atoms with van der Waals surface area (Å²) >= 11 is 0. The number of carbonyl (C=O) groups is 2. The molecule has 8 nitrogen and oxygen atoms in total. The van der Waals surface area contributed by atoms with Gasteiger partial charge in [-0.2, -0.15) is 0 Å². The Bertz CT molecular complexity index is 995. The number of phosphoric acid groups is 1. The first-order valence-corrected chi connectivity index (χ1v) is 21.1. The molecule has 0 fully saturated rings. The number of hydrogen-bond acceptors (Lipinski definition) is 6. The van der Waals surface area contributed by atoms with Crippen molar-refractivity contribution >= 4 is 19.8 Å². The maximum atomic E-state index is 12.4. The Morgan fingerprint density at radius 3 is 1.34 bits per heavy atom. The second-order valence-electron chi connectivity index (χ2n) is 12.9. The van der Waals surface area contributed by atoms with Crippen molar-refractivity contribution in [2.75, 3.05) is 13.2 Å². The average Bonchev–Trinajstić information content (AvgIpc) is 3.08. The maximum Gasteiger partial charge on any atom is 0.469 e. The standard InChI is InChI=1S/C41H71O8P/c1-3-5-7-9-11-13-15-17-19-20-22-24-26-28-30-32-34-36-41(43)49-39(38-48-50(44,45)46)37-47-40(42)35-33-31-29-27-25-23-21-18-16-14-12-10-8-6-4-2/h11-14,17-19,21-22,24,39H,3-10,15-16,20,23,25-38H2,1-2H3,(H2,44,45,46)/b13-11+,14-12+,19-17+,21-18+,24-22+/t39-/m1/s1. The van der Waals surface area contributed by atoms with Crippen molar-refractivity contribution in [1.29, 1.82) is 0 Å². The Kier molecular flexibility index (Phi) is 34.9. The van der Waals surface area contributed by atoms with Gasteiger partial charge in [-0.05, 0) is 83.5 Å². The van der Waals surface area contributed by atoms with Gasteiger partial charge in [-0.1, -0.05) is 132 Å². The van der Waals surface area contributed by atoms with Gasteiger partial charge in [-0.25, -0.2) is 4.57 Å². The van der Waals surface area contributed by atoms with E-state index < -0.39 is 32.5 Å². The number of rotatable bonds is 35. The Morgan fingerprint density at radius 2 is 0.900 bits per heavy atom. The van der Waals surface area contributed by atoms with Crippen LogP contribution in [0.5, 0.6) is 0 Å². The summed E-state index contributed by atoms with van der Waals surface area (Å²) in [5.41, 5.74) is 0. The predicted molar refractivity (Wildman–Crippen MR) is 207 cm³/mol. The fourth-order valence-electron chi connectivity index (χ4n) is 5.06. The number of phosphoric ester groups is 1. The van der Waals surface area contributed by atoms with E-state index in [0.717, 1.165) is 77.0 Å². The van der Waals surface area contributed by atoms with E-state index in [9.17, 15) is 14.2 Å². The summed E-state index contributed by atoms with van der Waals surface area (Å²) in [4.78, 5) is 42.7. The van der Waals surface area contributed by atoms with Gasteiger partial charge in [0, 0.05) is 12.8 Å². The van der Waals surface area contributed by atoms with Gasteiger partial charge in [0.05, 0.1) is 6.61 Å². The lowest BCUT2D eigenvalue weighted by Gasteiger charge is -2.18. The molecule has 9 heteroatoms. The molecule has 0 unspecified atom stereocenters. The van der Waals surface area contributed by atoms with Crippen LogP contribution in [0.1, 0.15) is 168 Å². The lowest BCUT2D eigenvalue weighted by Crippen LogP contribution is -2.29. The number of ether oxygens (including phenoxy) is 2. The first kappa shape index (κ1) is 47.8. The third kappa shape index (κ3) is 38.6. The Balaban J connectivity index is 4.04. The third-order valence-corrected chi connectivity index (χ3v) is 8.49. The largest absolute Gasteiger partial charge is 0.469 e. The second-order valence-corrected chi connectivity index (χ2v) is 14.1. The molecular formula is C41H71O8P. The topological polar surface area (TPSA) is 119 Å². The molecule has 2 N–H and O–H groups in total. The quantitative estimate of drug-likeness (QED) is 0.0287. The molecular weight excluding hydrogens is 651 g/mol. The van der Waals surface area contributed by atoms with Crippen LogP contribution in [-0.2, 0) is 28.2 Å². The third-order valence-electron chi connectivity index (χ3n) is 8.01. The SMILES string of the molecule is CCCCC/C=C/C/C=C/C/C=C/CCCCCCC(=O)O[C@H](COC(=O)CCCCCCC/C=C/C/C=C/CCCCC)COP(=O)(O)O. The van der Waals surface area contributed by atoms with Gasteiger partial charge in [-0.15, -0.1) is 0 Å². The Hall–Kier alpha value is -2.25. The normalized spacial score (nSPS) is 13.1. The highest BCUT2D eigenvalue weighted by atomic mass is 31.2. The van der Waals surface area contributed by atoms with Crippen LogP contribution >= 0.6 is 7.82 Å². The molecule has 0 rings (SSSR count). The maximum absolute atomic E-state index is 12.4. The van der Waals surface area contributed by atoms with Crippen LogP contribution < -0.4 is 0 Å². The van der Waals surface area contributed by atoms with Gasteiger partial charge in [0.1, 0.15) is 6.61 Å². The average molecular weight is 723 g/mol. The molecule has 0 spiro atoms. The molecule has 1 atom stereocenters. The van der Waals surface area contributed by atoms with Crippen molar-refractivity contribution in [1.82, 2.24) is 0 Å². The van der Waals surface area contributed by atoms with Gasteiger partial charge >= 0.3 is 19.8 Å². The summed E-state index contributed by atoms with van der Waals surface area (Å²) in [5.74, 6) is -0.931. The van der Waals surface area contributed by atoms with E-state index in [4.69, 9.17) is 19.3 Å². The zero-order chi connectivity index (χ0) is 36.8. The van der Waals surface area contributed by atoms with Crippen LogP contribution in [0.2, 0.25) is 0 Å². The number of hydrogen-bond donors (Lipinski definition) is 2. The molecule has 0 aromatic rings. The molecule has 0 heterocycles. The molecule has 0 aliphatic heterocycles. The zero-order valence-corrected chi connectivity index (χ0v) is 32.4. The summed E-state index contributed by atoms with van der Waals surface area (Å²) in [5, 5.41) is 0. The molecule has 0 bridgehead atoms. The highest BCUT2D eigenvalue weighted by Gasteiger charge is 2.22. The summed E-state index contributed by atoms with van der Waals surface area (Å²) in [6.45, 7) is 3.59. The van der Waals surface area contributed by atoms with Crippen LogP contribution in [-0.4, -0.2) is 41.0 Å². The monoisotopic (exact) mass is 722 g/mol. The molecule has 0 aliphatic carbocycles. The molecule has 0 radical (unpaired) electrons. The van der Waals surface area contributed by atoms with Crippen LogP contribution in [0.3, 0.4) is 0 Å². The van der Waals surface area contributed by atoms with Gasteiger partial charge in [0.2, 0.25) is 0 Å². The zero-order valence-electron chi connectivity index (χ0n) is 31.5. The fraction of sp³-hybridized carbons (Fsp3) is 0.707. The second kappa shape index (κ2) is 36.5. The number of esters is 2. The van der Waals surface area contributed by atoms with Gasteiger partial charge < -0.3 is 19.3 Å². The first-order valence-electron chi connectivity index (χ1n) is 19.6. The highest BCUT2D eigenvalue weighted by Crippen LogP contribution is 2.36. The molecule has 0 aliphatic rings. The van der Waals surface area contributed by atoms with Crippen LogP contribution in [0.15, 0.2) is 60.8 Å². The van der Waals surface area contributed by atoms with E-state index >= 15 is 0 Å². The highest BCUT2D eigenvalue weighted by molar-refractivity contribution is 7.46. The van der Waals surface area contributed by atoms with Gasteiger partial charge in [-0.3, -0.25) is 14.1 Å². The molecule has 0 saturated carbocycles. The molecule has 0 aromatic carbocycles. The summed E-state index contributed by atoms with van der Waals surface area (Å²) in [7, 11) is -4.76. The van der Waals surface area contributed by atoms with Crippen molar-refractivity contribution in [2.45, 2.75) is 174 Å². The summed E-state index contributed by atoms with van der Waals surface area (Å²) < 4.78 is 26.3. The van der Waals surface area contributed by atoms with Crippen LogP contribution in [0.25, 0.3) is 0 Å². The first-order chi connectivity index (χ1) is 24.3. The van der Waals surface area contributed by atoms with Gasteiger partial charge in [0.25, 0.3) is 0 Å². The lowest BCUT2D eigenvalue weighted by atomic mass is 10.1. The van der Waals surface area contributed by atoms with Crippen molar-refractivity contribution in [3.63, 3.8) is 0 Å². The van der Waals surface area contributed by atoms with E-state index in [0.29, 0.717) is 12.8 Å². The van der Waals surface area contributed by atoms with E-state index in [1.807, 2.05) is 0 Å². The van der Waals surface area contributed by atoms with Crippen LogP contribution in [0, 0.1) is 0 Å². The summed E-state index contributed by atoms with van der Waals surface area (Å²) in [6, 6.07) is 0. The van der Waals surface area contributed by atoms with Crippen molar-refractivity contribution in [2.24, 2.45) is 0 Å². The Morgan fingerprint density at radius 1 is 0.520 bits per heavy atom. The fourth-order valence-corrected chi connectivity index (χ4v) is 5.42. The smallest absolute Gasteiger partial charge is 0.462 e. The molecule has 50 heavy (non-hydrogen) atoms. The molecule has 0 aromatic heterocycles. The van der Waals surface area contributed by atoms with Crippen molar-refractivity contribution in [3.05, 3.63) is 60.8 Å². The molecule has 288 valence electrons. The molecule has 0 amide bonds. The lowest BCUT2D eigenvalue weighted by molar-refractivity contribution is -0.161. The summed E-state index contributed by atoms with van der Waals surface area (Å²) in [6.07, 6.45) is 45.0. The van der Waals surface area contributed by atoms with Gasteiger partial charge in [0.15, 0.2) is 6.10 Å². The minimum Gasteiger partial charge on any atom is -0.462 e. The van der Waals surface area contributed by atoms with E-state index in [1.54, 1.807) is 0 Å².